The van der Waals surface area contributed by atoms with Gasteiger partial charge in [0.15, 0.2) is 0 Å². The molecule has 0 aliphatic carbocycles. The molecule has 134 valence electrons. The lowest BCUT2D eigenvalue weighted by atomic mass is 10.0. The third kappa shape index (κ3) is 3.74. The van der Waals surface area contributed by atoms with Crippen molar-refractivity contribution in [2.24, 2.45) is 0 Å². The molecule has 0 bridgehead atoms. The van der Waals surface area contributed by atoms with Gasteiger partial charge < -0.3 is 14.9 Å². The number of nitrogens with one attached hydrogen (secondary N) is 2. The highest BCUT2D eigenvalue weighted by Gasteiger charge is 2.10. The number of aromatic nitrogens is 3. The molecule has 0 unspecified atom stereocenters. The van der Waals surface area contributed by atoms with E-state index >= 15 is 0 Å². The fraction of sp³-hybridized carbons (Fsp3) is 0.250. The number of aromatic amines is 1. The monoisotopic (exact) mass is 350 g/mol. The van der Waals surface area contributed by atoms with Gasteiger partial charge in [0, 0.05) is 41.8 Å². The number of hydrogen-bond donors (Lipinski definition) is 2. The van der Waals surface area contributed by atoms with Crippen LogP contribution in [0.3, 0.4) is 0 Å². The zero-order chi connectivity index (χ0) is 18.7. The summed E-state index contributed by atoms with van der Waals surface area (Å²) >= 11 is 0. The van der Waals surface area contributed by atoms with Crippen LogP contribution >= 0.6 is 0 Å². The van der Waals surface area contributed by atoms with E-state index in [1.54, 1.807) is 36.8 Å². The van der Waals surface area contributed by atoms with E-state index in [4.69, 9.17) is 0 Å². The lowest BCUT2D eigenvalue weighted by Gasteiger charge is -2.14. The first-order valence-electron chi connectivity index (χ1n) is 8.52. The van der Waals surface area contributed by atoms with E-state index in [0.717, 1.165) is 16.8 Å². The predicted octanol–water partition coefficient (Wildman–Crippen LogP) is 2.85. The largest absolute Gasteiger partial charge is 0.350 e. The molecule has 26 heavy (non-hydrogen) atoms. The maximum Gasteiger partial charge on any atom is 0.256 e. The SMILES string of the molecule is Cc1cc(-c2ccc(C(=O)NC[C@@H](C)n3ccnc3)cc2)c(=O)[nH]c1C. The zero-order valence-corrected chi connectivity index (χ0v) is 15.1. The molecule has 0 spiro atoms. The van der Waals surface area contributed by atoms with Crippen LogP contribution in [0.4, 0.5) is 0 Å². The summed E-state index contributed by atoms with van der Waals surface area (Å²) in [6, 6.07) is 9.06. The Hall–Kier alpha value is -3.15. The van der Waals surface area contributed by atoms with Crippen LogP contribution in [0.25, 0.3) is 11.1 Å². The van der Waals surface area contributed by atoms with Gasteiger partial charge >= 0.3 is 0 Å². The quantitative estimate of drug-likeness (QED) is 0.742. The van der Waals surface area contributed by atoms with Crippen LogP contribution < -0.4 is 10.9 Å². The number of pyridine rings is 1. The fourth-order valence-corrected chi connectivity index (χ4v) is 2.72. The van der Waals surface area contributed by atoms with Gasteiger partial charge in [-0.05, 0) is 50.1 Å². The molecule has 0 saturated heterocycles. The minimum Gasteiger partial charge on any atom is -0.350 e. The summed E-state index contributed by atoms with van der Waals surface area (Å²) in [6.07, 6.45) is 5.31. The first kappa shape index (κ1) is 17.7. The Morgan fingerprint density at radius 1 is 1.27 bits per heavy atom. The van der Waals surface area contributed by atoms with E-state index < -0.39 is 0 Å². The van der Waals surface area contributed by atoms with E-state index in [1.807, 2.05) is 37.6 Å². The highest BCUT2D eigenvalue weighted by molar-refractivity contribution is 5.94. The van der Waals surface area contributed by atoms with Gasteiger partial charge in [-0.15, -0.1) is 0 Å². The fourth-order valence-electron chi connectivity index (χ4n) is 2.72. The van der Waals surface area contributed by atoms with Crippen LogP contribution in [-0.2, 0) is 0 Å². The maximum absolute atomic E-state index is 12.3. The number of aryl methyl sites for hydroxylation is 2. The van der Waals surface area contributed by atoms with Gasteiger partial charge in [-0.25, -0.2) is 4.98 Å². The average molecular weight is 350 g/mol. The van der Waals surface area contributed by atoms with E-state index in [9.17, 15) is 9.59 Å². The molecule has 1 amide bonds. The second-order valence-corrected chi connectivity index (χ2v) is 6.47. The topological polar surface area (TPSA) is 79.8 Å². The molecule has 0 fully saturated rings. The summed E-state index contributed by atoms with van der Waals surface area (Å²) in [5.74, 6) is -0.141. The van der Waals surface area contributed by atoms with Crippen molar-refractivity contribution in [2.45, 2.75) is 26.8 Å². The van der Waals surface area contributed by atoms with Crippen LogP contribution in [0, 0.1) is 13.8 Å². The maximum atomic E-state index is 12.3. The minimum absolute atomic E-state index is 0.120. The lowest BCUT2D eigenvalue weighted by Crippen LogP contribution is -2.29. The second kappa shape index (κ2) is 7.39. The third-order valence-corrected chi connectivity index (χ3v) is 4.55. The summed E-state index contributed by atoms with van der Waals surface area (Å²) in [4.78, 5) is 31.3. The normalized spacial score (nSPS) is 12.0. The van der Waals surface area contributed by atoms with E-state index in [0.29, 0.717) is 17.7 Å². The first-order valence-corrected chi connectivity index (χ1v) is 8.52. The van der Waals surface area contributed by atoms with Crippen molar-refractivity contribution in [3.05, 3.63) is 76.2 Å². The summed E-state index contributed by atoms with van der Waals surface area (Å²) in [5, 5.41) is 2.92. The molecule has 2 heterocycles. The first-order chi connectivity index (χ1) is 12.5. The Labute approximate surface area is 151 Å². The smallest absolute Gasteiger partial charge is 0.256 e. The molecule has 1 atom stereocenters. The molecule has 6 nitrogen and oxygen atoms in total. The summed E-state index contributed by atoms with van der Waals surface area (Å²) in [5.41, 5.74) is 3.72. The van der Waals surface area contributed by atoms with Gasteiger partial charge in [0.2, 0.25) is 0 Å². The average Bonchev–Trinajstić information content (AvgIpc) is 3.17. The molecule has 1 aromatic carbocycles. The van der Waals surface area contributed by atoms with Crippen molar-refractivity contribution in [3.63, 3.8) is 0 Å². The van der Waals surface area contributed by atoms with Crippen LogP contribution in [0.2, 0.25) is 0 Å². The third-order valence-electron chi connectivity index (χ3n) is 4.55. The number of carbonyl (C=O) groups is 1. The number of H-pyrrole nitrogens is 1. The molecule has 0 radical (unpaired) electrons. The number of rotatable bonds is 5. The summed E-state index contributed by atoms with van der Waals surface area (Å²) in [7, 11) is 0. The Kier molecular flexibility index (Phi) is 5.02. The summed E-state index contributed by atoms with van der Waals surface area (Å²) < 4.78 is 1.94. The molecule has 3 rings (SSSR count). The van der Waals surface area contributed by atoms with Crippen LogP contribution in [0.1, 0.15) is 34.6 Å². The minimum atomic E-state index is -0.141. The van der Waals surface area contributed by atoms with E-state index in [-0.39, 0.29) is 17.5 Å². The highest BCUT2D eigenvalue weighted by atomic mass is 16.1. The van der Waals surface area contributed by atoms with Crippen LogP contribution in [0.15, 0.2) is 53.8 Å². The molecule has 0 saturated carbocycles. The molecule has 2 aromatic heterocycles. The van der Waals surface area contributed by atoms with Crippen molar-refractivity contribution in [2.75, 3.05) is 6.54 Å². The molecule has 2 N–H and O–H groups in total. The Morgan fingerprint density at radius 2 is 2.00 bits per heavy atom. The Morgan fingerprint density at radius 3 is 2.65 bits per heavy atom. The van der Waals surface area contributed by atoms with Crippen molar-refractivity contribution in [1.82, 2.24) is 19.9 Å². The van der Waals surface area contributed by atoms with Crippen LogP contribution in [0.5, 0.6) is 0 Å². The van der Waals surface area contributed by atoms with Crippen molar-refractivity contribution < 1.29 is 4.79 Å². The summed E-state index contributed by atoms with van der Waals surface area (Å²) in [6.45, 7) is 6.35. The molecular formula is C20H22N4O2. The van der Waals surface area contributed by atoms with Gasteiger partial charge in [0.1, 0.15) is 0 Å². The van der Waals surface area contributed by atoms with Gasteiger partial charge in [0.25, 0.3) is 11.5 Å². The van der Waals surface area contributed by atoms with Gasteiger partial charge in [0.05, 0.1) is 6.33 Å². The van der Waals surface area contributed by atoms with E-state index in [1.165, 1.54) is 0 Å². The number of benzene rings is 1. The number of hydrogen-bond acceptors (Lipinski definition) is 3. The molecule has 3 aromatic rings. The Bertz CT molecular complexity index is 956. The van der Waals surface area contributed by atoms with Crippen molar-refractivity contribution >= 4 is 5.91 Å². The molecule has 0 aliphatic heterocycles. The number of carbonyl (C=O) groups excluding carboxylic acids is 1. The Balaban J connectivity index is 1.70. The zero-order valence-electron chi connectivity index (χ0n) is 15.1. The van der Waals surface area contributed by atoms with E-state index in [2.05, 4.69) is 15.3 Å². The molecule has 0 aliphatic rings. The van der Waals surface area contributed by atoms with Gasteiger partial charge in [-0.3, -0.25) is 9.59 Å². The van der Waals surface area contributed by atoms with Crippen molar-refractivity contribution in [1.29, 1.82) is 0 Å². The number of imidazole rings is 1. The standard InChI is InChI=1S/C20H22N4O2/c1-13-10-18(20(26)23-15(13)3)16-4-6-17(7-5-16)19(25)22-11-14(2)24-9-8-21-12-24/h4-10,12,14H,11H2,1-3H3,(H,22,25)(H,23,26)/t14-/m1/s1. The molecule has 6 heteroatoms. The van der Waals surface area contributed by atoms with Crippen LogP contribution in [-0.4, -0.2) is 27.0 Å². The highest BCUT2D eigenvalue weighted by Crippen LogP contribution is 2.18. The number of nitrogens with zero attached hydrogens (tertiary/aromatic N) is 2. The number of amides is 1. The second-order valence-electron chi connectivity index (χ2n) is 6.47. The van der Waals surface area contributed by atoms with Crippen molar-refractivity contribution in [3.8, 4) is 11.1 Å². The molecular weight excluding hydrogens is 328 g/mol. The van der Waals surface area contributed by atoms with Gasteiger partial charge in [-0.1, -0.05) is 12.1 Å². The predicted molar refractivity (Wildman–Crippen MR) is 101 cm³/mol. The lowest BCUT2D eigenvalue weighted by molar-refractivity contribution is 0.0948. The van der Waals surface area contributed by atoms with Gasteiger partial charge in [-0.2, -0.15) is 0 Å².